The van der Waals surface area contributed by atoms with Gasteiger partial charge in [-0.05, 0) is 34.7 Å². The molecule has 0 aliphatic rings. The molecule has 1 nitrogen and oxygen atoms in total. The van der Waals surface area contributed by atoms with E-state index in [9.17, 15) is 4.39 Å². The van der Waals surface area contributed by atoms with Gasteiger partial charge in [0.2, 0.25) is 0 Å². The molecule has 0 amide bonds. The third kappa shape index (κ3) is 1.19. The number of nitrogens with two attached hydrogens (primary N) is 1. The maximum absolute atomic E-state index is 13.0. The van der Waals surface area contributed by atoms with E-state index in [0.717, 1.165) is 10.1 Å². The van der Waals surface area contributed by atoms with Gasteiger partial charge < -0.3 is 5.73 Å². The van der Waals surface area contributed by atoms with Crippen LogP contribution in [0, 0.1) is 9.39 Å². The first-order valence-corrected chi connectivity index (χ1v) is 5.26. The zero-order valence-corrected chi connectivity index (χ0v) is 8.95. The molecule has 0 unspecified atom stereocenters. The van der Waals surface area contributed by atoms with Crippen molar-refractivity contribution in [2.75, 3.05) is 5.73 Å². The van der Waals surface area contributed by atoms with E-state index in [1.54, 1.807) is 11.3 Å². The van der Waals surface area contributed by atoms with Gasteiger partial charge in [-0.15, -0.1) is 11.3 Å². The minimum absolute atomic E-state index is 0.201. The first-order chi connectivity index (χ1) is 5.68. The smallest absolute Gasteiger partial charge is 0.137 e. The van der Waals surface area contributed by atoms with E-state index in [0.29, 0.717) is 9.26 Å². The molecule has 62 valence electrons. The van der Waals surface area contributed by atoms with E-state index >= 15 is 0 Å². The fourth-order valence-electron chi connectivity index (χ4n) is 1.04. The molecule has 1 aromatic carbocycles. The van der Waals surface area contributed by atoms with Crippen molar-refractivity contribution in [3.8, 4) is 0 Å². The Kier molecular flexibility index (Phi) is 1.96. The van der Waals surface area contributed by atoms with Crippen LogP contribution < -0.4 is 5.73 Å². The molecule has 0 bridgehead atoms. The highest BCUT2D eigenvalue weighted by Gasteiger charge is 2.05. The highest BCUT2D eigenvalue weighted by atomic mass is 127. The molecule has 1 aromatic heterocycles. The zero-order valence-electron chi connectivity index (χ0n) is 5.97. The maximum atomic E-state index is 13.0. The number of halogens is 2. The van der Waals surface area contributed by atoms with Crippen molar-refractivity contribution in [2.24, 2.45) is 0 Å². The lowest BCUT2D eigenvalue weighted by Gasteiger charge is -1.95. The number of benzene rings is 1. The molecular weight excluding hydrogens is 288 g/mol. The lowest BCUT2D eigenvalue weighted by Crippen LogP contribution is -1.83. The van der Waals surface area contributed by atoms with Gasteiger partial charge in [0.25, 0.3) is 0 Å². The van der Waals surface area contributed by atoms with Crippen LogP contribution in [0.1, 0.15) is 0 Å². The molecule has 4 heteroatoms. The van der Waals surface area contributed by atoms with Crippen LogP contribution in [0.3, 0.4) is 0 Å². The normalized spacial score (nSPS) is 10.8. The highest BCUT2D eigenvalue weighted by Crippen LogP contribution is 2.30. The van der Waals surface area contributed by atoms with Gasteiger partial charge >= 0.3 is 0 Å². The maximum Gasteiger partial charge on any atom is 0.137 e. The number of anilines is 1. The van der Waals surface area contributed by atoms with Crippen molar-refractivity contribution in [1.82, 2.24) is 0 Å². The first-order valence-electron chi connectivity index (χ1n) is 3.30. The summed E-state index contributed by atoms with van der Waals surface area (Å²) in [4.78, 5) is 0. The molecule has 0 aliphatic carbocycles. The average Bonchev–Trinajstić information content (AvgIpc) is 2.35. The summed E-state index contributed by atoms with van der Waals surface area (Å²) >= 11 is 3.51. The summed E-state index contributed by atoms with van der Waals surface area (Å²) in [7, 11) is 0. The molecule has 0 saturated heterocycles. The quantitative estimate of drug-likeness (QED) is 0.741. The number of hydrogen-bond acceptors (Lipinski definition) is 2. The summed E-state index contributed by atoms with van der Waals surface area (Å²) in [6.07, 6.45) is 0. The molecule has 12 heavy (non-hydrogen) atoms. The van der Waals surface area contributed by atoms with Crippen LogP contribution in [-0.4, -0.2) is 0 Å². The van der Waals surface area contributed by atoms with E-state index in [4.69, 9.17) is 5.73 Å². The number of hydrogen-bond donors (Lipinski definition) is 1. The van der Waals surface area contributed by atoms with E-state index in [1.807, 2.05) is 34.0 Å². The van der Waals surface area contributed by atoms with Crippen molar-refractivity contribution in [2.45, 2.75) is 0 Å². The van der Waals surface area contributed by atoms with Crippen molar-refractivity contribution in [3.05, 3.63) is 26.9 Å². The largest absolute Gasteiger partial charge is 0.398 e. The van der Waals surface area contributed by atoms with Gasteiger partial charge in [-0.25, -0.2) is 4.39 Å². The molecule has 0 fully saturated rings. The zero-order chi connectivity index (χ0) is 8.72. The van der Waals surface area contributed by atoms with E-state index in [2.05, 4.69) is 0 Å². The van der Waals surface area contributed by atoms with Crippen molar-refractivity contribution < 1.29 is 4.39 Å². The van der Waals surface area contributed by atoms with Gasteiger partial charge in [0.1, 0.15) is 5.82 Å². The Bertz CT molecular complexity index is 438. The Morgan fingerprint density at radius 3 is 2.92 bits per heavy atom. The molecule has 2 aromatic rings. The highest BCUT2D eigenvalue weighted by molar-refractivity contribution is 14.1. The van der Waals surface area contributed by atoms with Gasteiger partial charge in [-0.1, -0.05) is 0 Å². The lowest BCUT2D eigenvalue weighted by atomic mass is 10.2. The van der Waals surface area contributed by atoms with Crippen molar-refractivity contribution >= 4 is 49.7 Å². The third-order valence-electron chi connectivity index (χ3n) is 1.65. The second kappa shape index (κ2) is 2.85. The SMILES string of the molecule is Nc1csc2cc(I)c(F)cc12. The second-order valence-electron chi connectivity index (χ2n) is 2.45. The Balaban J connectivity index is 2.87. The molecular formula is C8H5FINS. The first kappa shape index (κ1) is 8.25. The molecule has 2 N–H and O–H groups in total. The predicted octanol–water partition coefficient (Wildman–Crippen LogP) is 3.23. The molecule has 0 spiro atoms. The van der Waals surface area contributed by atoms with Crippen LogP contribution in [0.4, 0.5) is 10.1 Å². The Hall–Kier alpha value is -0.360. The fourth-order valence-corrected chi connectivity index (χ4v) is 2.59. The molecule has 0 atom stereocenters. The number of rotatable bonds is 0. The minimum Gasteiger partial charge on any atom is -0.398 e. The molecule has 0 saturated carbocycles. The number of thiophene rings is 1. The Labute approximate surface area is 86.5 Å². The van der Waals surface area contributed by atoms with Gasteiger partial charge in [-0.2, -0.15) is 0 Å². The van der Waals surface area contributed by atoms with Crippen LogP contribution in [0.2, 0.25) is 0 Å². The molecule has 0 radical (unpaired) electrons. The molecule has 2 rings (SSSR count). The van der Waals surface area contributed by atoms with Gasteiger partial charge in [0.15, 0.2) is 0 Å². The Morgan fingerprint density at radius 1 is 1.42 bits per heavy atom. The van der Waals surface area contributed by atoms with Gasteiger partial charge in [0.05, 0.1) is 9.26 Å². The summed E-state index contributed by atoms with van der Waals surface area (Å²) in [6.45, 7) is 0. The molecule has 0 aliphatic heterocycles. The average molecular weight is 293 g/mol. The van der Waals surface area contributed by atoms with Crippen LogP contribution in [-0.2, 0) is 0 Å². The Morgan fingerprint density at radius 2 is 2.17 bits per heavy atom. The number of nitrogen functional groups attached to an aromatic ring is 1. The van der Waals surface area contributed by atoms with Crippen LogP contribution >= 0.6 is 33.9 Å². The third-order valence-corrected chi connectivity index (χ3v) is 3.44. The van der Waals surface area contributed by atoms with Crippen LogP contribution in [0.5, 0.6) is 0 Å². The summed E-state index contributed by atoms with van der Waals surface area (Å²) < 4.78 is 14.7. The summed E-state index contributed by atoms with van der Waals surface area (Å²) in [5, 5.41) is 2.65. The van der Waals surface area contributed by atoms with E-state index in [1.165, 1.54) is 6.07 Å². The minimum atomic E-state index is -0.201. The monoisotopic (exact) mass is 293 g/mol. The van der Waals surface area contributed by atoms with Gasteiger partial charge in [0, 0.05) is 15.5 Å². The van der Waals surface area contributed by atoms with Gasteiger partial charge in [-0.3, -0.25) is 0 Å². The van der Waals surface area contributed by atoms with E-state index < -0.39 is 0 Å². The predicted molar refractivity (Wildman–Crippen MR) is 58.9 cm³/mol. The fraction of sp³-hybridized carbons (Fsp3) is 0. The van der Waals surface area contributed by atoms with Crippen molar-refractivity contribution in [3.63, 3.8) is 0 Å². The van der Waals surface area contributed by atoms with Crippen LogP contribution in [0.15, 0.2) is 17.5 Å². The summed E-state index contributed by atoms with van der Waals surface area (Å²) in [5.74, 6) is -0.201. The summed E-state index contributed by atoms with van der Waals surface area (Å²) in [6, 6.07) is 3.30. The van der Waals surface area contributed by atoms with Crippen molar-refractivity contribution in [1.29, 1.82) is 0 Å². The number of fused-ring (bicyclic) bond motifs is 1. The van der Waals surface area contributed by atoms with E-state index in [-0.39, 0.29) is 5.82 Å². The summed E-state index contributed by atoms with van der Waals surface area (Å²) in [5.41, 5.74) is 6.29. The second-order valence-corrected chi connectivity index (χ2v) is 4.53. The standard InChI is InChI=1S/C8H5FINS/c9-5-1-4-7(11)3-12-8(4)2-6(5)10/h1-3H,11H2. The topological polar surface area (TPSA) is 26.0 Å². The molecule has 1 heterocycles. The van der Waals surface area contributed by atoms with Crippen LogP contribution in [0.25, 0.3) is 10.1 Å². The lowest BCUT2D eigenvalue weighted by molar-refractivity contribution is 0.622.